The van der Waals surface area contributed by atoms with Gasteiger partial charge >= 0.3 is 0 Å². The zero-order chi connectivity index (χ0) is 13.9. The van der Waals surface area contributed by atoms with Gasteiger partial charge in [0.05, 0.1) is 12.0 Å². The summed E-state index contributed by atoms with van der Waals surface area (Å²) in [5, 5.41) is 6.64. The monoisotopic (exact) mass is 268 g/mol. The fourth-order valence-electron chi connectivity index (χ4n) is 3.52. The zero-order valence-electron chi connectivity index (χ0n) is 12.6. The highest BCUT2D eigenvalue weighted by Gasteiger charge is 2.43. The van der Waals surface area contributed by atoms with E-state index in [0.29, 0.717) is 12.6 Å². The van der Waals surface area contributed by atoms with E-state index in [1.165, 1.54) is 12.8 Å². The maximum atomic E-state index is 12.7. The van der Waals surface area contributed by atoms with Crippen LogP contribution in [-0.2, 0) is 9.53 Å². The molecule has 1 amide bonds. The first kappa shape index (κ1) is 14.8. The van der Waals surface area contributed by atoms with E-state index in [1.54, 1.807) is 7.11 Å². The molecule has 1 aliphatic heterocycles. The van der Waals surface area contributed by atoms with Gasteiger partial charge in [-0.25, -0.2) is 0 Å². The van der Waals surface area contributed by atoms with Gasteiger partial charge in [0.15, 0.2) is 0 Å². The third-order valence-electron chi connectivity index (χ3n) is 5.03. The molecule has 4 nitrogen and oxygen atoms in total. The zero-order valence-corrected chi connectivity index (χ0v) is 12.6. The van der Waals surface area contributed by atoms with Crippen molar-refractivity contribution < 1.29 is 9.53 Å². The van der Waals surface area contributed by atoms with E-state index in [2.05, 4.69) is 24.5 Å². The molecule has 4 heteroatoms. The summed E-state index contributed by atoms with van der Waals surface area (Å²) in [4.78, 5) is 12.7. The Labute approximate surface area is 116 Å². The van der Waals surface area contributed by atoms with E-state index in [4.69, 9.17) is 4.74 Å². The highest BCUT2D eigenvalue weighted by Crippen LogP contribution is 2.38. The van der Waals surface area contributed by atoms with Crippen LogP contribution in [0.1, 0.15) is 46.0 Å². The Hall–Kier alpha value is -0.610. The van der Waals surface area contributed by atoms with Gasteiger partial charge in [-0.05, 0) is 44.2 Å². The lowest BCUT2D eigenvalue weighted by molar-refractivity contribution is -0.137. The van der Waals surface area contributed by atoms with E-state index in [9.17, 15) is 4.79 Å². The quantitative estimate of drug-likeness (QED) is 0.816. The fraction of sp³-hybridized carbons (Fsp3) is 0.933. The molecule has 0 radical (unpaired) electrons. The van der Waals surface area contributed by atoms with Crippen LogP contribution in [0.3, 0.4) is 0 Å². The first-order valence-electron chi connectivity index (χ1n) is 7.51. The molecule has 0 aromatic rings. The third-order valence-corrected chi connectivity index (χ3v) is 5.03. The van der Waals surface area contributed by atoms with Crippen LogP contribution in [-0.4, -0.2) is 38.8 Å². The summed E-state index contributed by atoms with van der Waals surface area (Å²) in [6.07, 6.45) is 5.28. The molecule has 0 aromatic heterocycles. The Morgan fingerprint density at radius 1 is 1.32 bits per heavy atom. The molecule has 2 aliphatic rings. The highest BCUT2D eigenvalue weighted by atomic mass is 16.5. The molecule has 2 N–H and O–H groups in total. The van der Waals surface area contributed by atoms with Crippen LogP contribution in [0, 0.1) is 10.8 Å². The molecular weight excluding hydrogens is 240 g/mol. The predicted octanol–water partition coefficient (Wildman–Crippen LogP) is 1.70. The minimum Gasteiger partial charge on any atom is -0.384 e. The van der Waals surface area contributed by atoms with Crippen LogP contribution in [0.25, 0.3) is 0 Å². The topological polar surface area (TPSA) is 50.4 Å². The lowest BCUT2D eigenvalue weighted by Crippen LogP contribution is -2.54. The number of nitrogens with one attached hydrogen (secondary N) is 2. The normalized spacial score (nSPS) is 29.1. The average molecular weight is 268 g/mol. The summed E-state index contributed by atoms with van der Waals surface area (Å²) in [6, 6.07) is 0.323. The van der Waals surface area contributed by atoms with Gasteiger partial charge in [-0.3, -0.25) is 4.79 Å². The lowest BCUT2D eigenvalue weighted by Gasteiger charge is -2.38. The van der Waals surface area contributed by atoms with Crippen LogP contribution >= 0.6 is 0 Å². The van der Waals surface area contributed by atoms with Crippen molar-refractivity contribution in [2.24, 2.45) is 10.8 Å². The van der Waals surface area contributed by atoms with Crippen LogP contribution in [0.15, 0.2) is 0 Å². The van der Waals surface area contributed by atoms with Crippen molar-refractivity contribution in [3.05, 3.63) is 0 Å². The maximum Gasteiger partial charge on any atom is 0.228 e. The van der Waals surface area contributed by atoms with Crippen molar-refractivity contribution in [1.82, 2.24) is 10.6 Å². The number of hydrogen-bond acceptors (Lipinski definition) is 3. The number of methoxy groups -OCH3 is 1. The number of ether oxygens (including phenoxy) is 1. The van der Waals surface area contributed by atoms with E-state index in [0.717, 1.165) is 32.4 Å². The van der Waals surface area contributed by atoms with Crippen LogP contribution in [0.4, 0.5) is 0 Å². The Kier molecular flexibility index (Phi) is 4.51. The minimum atomic E-state index is -0.321. The minimum absolute atomic E-state index is 0.204. The number of amides is 1. The number of hydrogen-bond donors (Lipinski definition) is 2. The molecule has 2 fully saturated rings. The molecule has 0 bridgehead atoms. The third kappa shape index (κ3) is 3.11. The molecule has 110 valence electrons. The summed E-state index contributed by atoms with van der Waals surface area (Å²) in [6.45, 7) is 6.87. The Bertz CT molecular complexity index is 317. The first-order chi connectivity index (χ1) is 9.00. The van der Waals surface area contributed by atoms with Crippen LogP contribution < -0.4 is 10.6 Å². The molecule has 1 saturated carbocycles. The molecule has 0 aromatic carbocycles. The van der Waals surface area contributed by atoms with Gasteiger partial charge < -0.3 is 15.4 Å². The van der Waals surface area contributed by atoms with Gasteiger partial charge in [-0.15, -0.1) is 0 Å². The second-order valence-electron chi connectivity index (χ2n) is 6.87. The van der Waals surface area contributed by atoms with Gasteiger partial charge in [-0.1, -0.05) is 20.3 Å². The molecule has 1 saturated heterocycles. The summed E-state index contributed by atoms with van der Waals surface area (Å²) in [5.74, 6) is 0.204. The standard InChI is InChI=1S/C15H28N2O2/c1-14(2)6-4-5-12(14)17-13(18)15(11-19-3)7-9-16-10-8-15/h12,16H,4-11H2,1-3H3,(H,17,18). The second-order valence-corrected chi connectivity index (χ2v) is 6.87. The Morgan fingerprint density at radius 2 is 2.00 bits per heavy atom. The molecule has 1 heterocycles. The van der Waals surface area contributed by atoms with E-state index in [1.807, 2.05) is 0 Å². The molecule has 1 aliphatic carbocycles. The van der Waals surface area contributed by atoms with Crippen molar-refractivity contribution in [3.8, 4) is 0 Å². The van der Waals surface area contributed by atoms with Gasteiger partial charge in [0.1, 0.15) is 0 Å². The van der Waals surface area contributed by atoms with Crippen molar-refractivity contribution >= 4 is 5.91 Å². The summed E-state index contributed by atoms with van der Waals surface area (Å²) in [5.41, 5.74) is -0.0878. The summed E-state index contributed by atoms with van der Waals surface area (Å²) < 4.78 is 5.33. The van der Waals surface area contributed by atoms with Crippen LogP contribution in [0.5, 0.6) is 0 Å². The first-order valence-corrected chi connectivity index (χ1v) is 7.51. The fourth-order valence-corrected chi connectivity index (χ4v) is 3.52. The molecule has 2 rings (SSSR count). The number of carbonyl (C=O) groups excluding carboxylic acids is 1. The Morgan fingerprint density at radius 3 is 2.53 bits per heavy atom. The van der Waals surface area contributed by atoms with Gasteiger partial charge in [0, 0.05) is 13.2 Å². The van der Waals surface area contributed by atoms with E-state index in [-0.39, 0.29) is 16.7 Å². The summed E-state index contributed by atoms with van der Waals surface area (Å²) >= 11 is 0. The number of carbonyl (C=O) groups is 1. The maximum absolute atomic E-state index is 12.7. The largest absolute Gasteiger partial charge is 0.384 e. The average Bonchev–Trinajstić information content (AvgIpc) is 2.70. The van der Waals surface area contributed by atoms with Crippen molar-refractivity contribution in [3.63, 3.8) is 0 Å². The Balaban J connectivity index is 2.03. The van der Waals surface area contributed by atoms with Crippen molar-refractivity contribution in [1.29, 1.82) is 0 Å². The number of rotatable bonds is 4. The molecule has 19 heavy (non-hydrogen) atoms. The predicted molar refractivity (Wildman–Crippen MR) is 76.0 cm³/mol. The number of piperidine rings is 1. The lowest BCUT2D eigenvalue weighted by atomic mass is 9.77. The smallest absolute Gasteiger partial charge is 0.228 e. The van der Waals surface area contributed by atoms with Crippen molar-refractivity contribution in [2.45, 2.75) is 52.0 Å². The molecule has 1 unspecified atom stereocenters. The molecule has 0 spiro atoms. The van der Waals surface area contributed by atoms with Gasteiger partial charge in [-0.2, -0.15) is 0 Å². The van der Waals surface area contributed by atoms with Crippen molar-refractivity contribution in [2.75, 3.05) is 26.8 Å². The van der Waals surface area contributed by atoms with Crippen LogP contribution in [0.2, 0.25) is 0 Å². The van der Waals surface area contributed by atoms with Gasteiger partial charge in [0.25, 0.3) is 0 Å². The van der Waals surface area contributed by atoms with Gasteiger partial charge in [0.2, 0.25) is 5.91 Å². The molecular formula is C15H28N2O2. The van der Waals surface area contributed by atoms with E-state index >= 15 is 0 Å². The SMILES string of the molecule is COCC1(C(=O)NC2CCCC2(C)C)CCNCC1. The molecule has 1 atom stereocenters. The van der Waals surface area contributed by atoms with E-state index < -0.39 is 0 Å². The summed E-state index contributed by atoms with van der Waals surface area (Å²) in [7, 11) is 1.69. The second kappa shape index (κ2) is 5.80. The highest BCUT2D eigenvalue weighted by molar-refractivity contribution is 5.83.